The van der Waals surface area contributed by atoms with Gasteiger partial charge in [-0.1, -0.05) is 25.1 Å². The Morgan fingerprint density at radius 2 is 2.04 bits per heavy atom. The Hall–Kier alpha value is -2.43. The Morgan fingerprint density at radius 1 is 1.30 bits per heavy atom. The van der Waals surface area contributed by atoms with Crippen LogP contribution in [-0.2, 0) is 0 Å². The molecule has 2 heterocycles. The number of aryl methyl sites for hydroxylation is 2. The molecule has 1 atom stereocenters. The minimum Gasteiger partial charge on any atom is -0.323 e. The van der Waals surface area contributed by atoms with E-state index in [4.69, 9.17) is 0 Å². The molecule has 0 radical (unpaired) electrons. The highest BCUT2D eigenvalue weighted by Crippen LogP contribution is 2.34. The minimum absolute atomic E-state index is 0.0301. The van der Waals surface area contributed by atoms with Crippen molar-refractivity contribution in [3.8, 4) is 0 Å². The van der Waals surface area contributed by atoms with Gasteiger partial charge in [0.25, 0.3) is 11.5 Å². The summed E-state index contributed by atoms with van der Waals surface area (Å²) in [6.07, 6.45) is 1.93. The van der Waals surface area contributed by atoms with Gasteiger partial charge in [0, 0.05) is 17.9 Å². The van der Waals surface area contributed by atoms with E-state index in [1.54, 1.807) is 18.7 Å². The summed E-state index contributed by atoms with van der Waals surface area (Å²) >= 11 is 0. The Labute approximate surface area is 135 Å². The first-order chi connectivity index (χ1) is 11.0. The Kier molecular flexibility index (Phi) is 4.03. The molecule has 1 aromatic heterocycles. The second-order valence-corrected chi connectivity index (χ2v) is 6.18. The number of carbonyl (C=O) groups excluding carboxylic acids is 1. The topological polar surface area (TPSA) is 66.1 Å². The molecule has 0 saturated carbocycles. The zero-order valence-corrected chi connectivity index (χ0v) is 13.7. The largest absolute Gasteiger partial charge is 0.323 e. The van der Waals surface area contributed by atoms with Crippen molar-refractivity contribution < 1.29 is 4.79 Å². The van der Waals surface area contributed by atoms with E-state index in [0.717, 1.165) is 24.1 Å². The van der Waals surface area contributed by atoms with Gasteiger partial charge in [-0.05, 0) is 44.2 Å². The zero-order chi connectivity index (χ0) is 16.6. The van der Waals surface area contributed by atoms with E-state index in [2.05, 4.69) is 23.0 Å². The van der Waals surface area contributed by atoms with Crippen molar-refractivity contribution in [1.82, 2.24) is 9.97 Å². The summed E-state index contributed by atoms with van der Waals surface area (Å²) < 4.78 is 0. The van der Waals surface area contributed by atoms with Crippen molar-refractivity contribution >= 4 is 11.6 Å². The number of hydrogen-bond donors (Lipinski definition) is 1. The molecule has 0 saturated heterocycles. The predicted octanol–water partition coefficient (Wildman–Crippen LogP) is 2.93. The third-order valence-corrected chi connectivity index (χ3v) is 4.56. The molecule has 0 spiro atoms. The monoisotopic (exact) mass is 311 g/mol. The van der Waals surface area contributed by atoms with Crippen molar-refractivity contribution in [1.29, 1.82) is 0 Å². The fourth-order valence-electron chi connectivity index (χ4n) is 3.09. The van der Waals surface area contributed by atoms with Crippen LogP contribution in [0.4, 0.5) is 5.69 Å². The average Bonchev–Trinajstić information content (AvgIpc) is 2.70. The first kappa shape index (κ1) is 15.5. The summed E-state index contributed by atoms with van der Waals surface area (Å²) in [5, 5.41) is 0. The standard InChI is InChI=1S/C18H21N3O2/c1-11-7-6-10-21(15-9-5-4-8-14(11)15)18(23)16-17(22)20-13(3)12(2)19-16/h4-5,8-9,11H,6-7,10H2,1-3H3,(H,20,22). The molecule has 1 N–H and O–H groups in total. The summed E-state index contributed by atoms with van der Waals surface area (Å²) in [5.41, 5.74) is 2.95. The van der Waals surface area contributed by atoms with Crippen LogP contribution in [0.3, 0.4) is 0 Å². The Balaban J connectivity index is 2.08. The maximum absolute atomic E-state index is 12.9. The van der Waals surface area contributed by atoms with Gasteiger partial charge in [0.15, 0.2) is 5.69 Å². The molecular weight excluding hydrogens is 290 g/mol. The normalized spacial score (nSPS) is 17.5. The van der Waals surface area contributed by atoms with Crippen LogP contribution in [0, 0.1) is 13.8 Å². The van der Waals surface area contributed by atoms with E-state index in [0.29, 0.717) is 23.9 Å². The van der Waals surface area contributed by atoms with E-state index >= 15 is 0 Å². The second-order valence-electron chi connectivity index (χ2n) is 6.18. The fraction of sp³-hybridized carbons (Fsp3) is 0.389. The maximum atomic E-state index is 12.9. The SMILES string of the molecule is Cc1nc(C(=O)N2CCCC(C)c3ccccc32)c(=O)[nH]c1C. The molecule has 120 valence electrons. The summed E-state index contributed by atoms with van der Waals surface area (Å²) in [5.74, 6) is 0.0749. The average molecular weight is 311 g/mol. The first-order valence-electron chi connectivity index (χ1n) is 7.97. The summed E-state index contributed by atoms with van der Waals surface area (Å²) in [7, 11) is 0. The van der Waals surface area contributed by atoms with Crippen LogP contribution in [0.5, 0.6) is 0 Å². The molecule has 0 aliphatic carbocycles. The van der Waals surface area contributed by atoms with Crippen molar-refractivity contribution in [2.75, 3.05) is 11.4 Å². The van der Waals surface area contributed by atoms with E-state index < -0.39 is 5.56 Å². The lowest BCUT2D eigenvalue weighted by Crippen LogP contribution is -2.37. The number of amides is 1. The number of nitrogens with one attached hydrogen (secondary N) is 1. The molecule has 2 aromatic rings. The van der Waals surface area contributed by atoms with Crippen molar-refractivity contribution in [2.24, 2.45) is 0 Å². The molecule has 1 aliphatic heterocycles. The number of aromatic nitrogens is 2. The van der Waals surface area contributed by atoms with Gasteiger partial charge in [-0.25, -0.2) is 4.98 Å². The fourth-order valence-corrected chi connectivity index (χ4v) is 3.09. The van der Waals surface area contributed by atoms with Crippen molar-refractivity contribution in [2.45, 2.75) is 39.5 Å². The van der Waals surface area contributed by atoms with E-state index in [-0.39, 0.29) is 11.6 Å². The van der Waals surface area contributed by atoms with Crippen LogP contribution in [0.1, 0.15) is 53.1 Å². The van der Waals surface area contributed by atoms with Gasteiger partial charge in [-0.15, -0.1) is 0 Å². The van der Waals surface area contributed by atoms with Crippen molar-refractivity contribution in [3.05, 3.63) is 57.3 Å². The van der Waals surface area contributed by atoms with Gasteiger partial charge in [0.05, 0.1) is 5.69 Å². The summed E-state index contributed by atoms with van der Waals surface area (Å²) in [6, 6.07) is 7.92. The molecule has 5 heteroatoms. The number of fused-ring (bicyclic) bond motifs is 1. The van der Waals surface area contributed by atoms with Crippen LogP contribution < -0.4 is 10.5 Å². The smallest absolute Gasteiger partial charge is 0.282 e. The van der Waals surface area contributed by atoms with Gasteiger partial charge in [-0.3, -0.25) is 9.59 Å². The number of hydrogen-bond acceptors (Lipinski definition) is 3. The number of nitrogens with zero attached hydrogens (tertiary/aromatic N) is 2. The van der Waals surface area contributed by atoms with E-state index in [1.165, 1.54) is 0 Å². The molecule has 23 heavy (non-hydrogen) atoms. The van der Waals surface area contributed by atoms with Crippen LogP contribution in [0.2, 0.25) is 0 Å². The van der Waals surface area contributed by atoms with Gasteiger partial charge in [-0.2, -0.15) is 0 Å². The summed E-state index contributed by atoms with van der Waals surface area (Å²) in [4.78, 5) is 33.8. The quantitative estimate of drug-likeness (QED) is 0.880. The molecular formula is C18H21N3O2. The molecule has 3 rings (SSSR count). The van der Waals surface area contributed by atoms with E-state index in [9.17, 15) is 9.59 Å². The third-order valence-electron chi connectivity index (χ3n) is 4.56. The summed E-state index contributed by atoms with van der Waals surface area (Å²) in [6.45, 7) is 6.35. The number of para-hydroxylation sites is 1. The highest BCUT2D eigenvalue weighted by molar-refractivity contribution is 6.05. The number of aromatic amines is 1. The Morgan fingerprint density at radius 3 is 2.83 bits per heavy atom. The Bertz CT molecular complexity index is 810. The van der Waals surface area contributed by atoms with Crippen LogP contribution in [0.25, 0.3) is 0 Å². The maximum Gasteiger partial charge on any atom is 0.282 e. The van der Waals surface area contributed by atoms with Crippen LogP contribution in [-0.4, -0.2) is 22.4 Å². The van der Waals surface area contributed by atoms with Gasteiger partial charge < -0.3 is 9.88 Å². The molecule has 0 fully saturated rings. The molecule has 5 nitrogen and oxygen atoms in total. The van der Waals surface area contributed by atoms with Crippen LogP contribution in [0.15, 0.2) is 29.1 Å². The number of anilines is 1. The minimum atomic E-state index is -0.423. The lowest BCUT2D eigenvalue weighted by Gasteiger charge is -2.23. The van der Waals surface area contributed by atoms with Crippen LogP contribution >= 0.6 is 0 Å². The lowest BCUT2D eigenvalue weighted by atomic mass is 9.96. The lowest BCUT2D eigenvalue weighted by molar-refractivity contribution is 0.0980. The highest BCUT2D eigenvalue weighted by atomic mass is 16.2. The van der Waals surface area contributed by atoms with Gasteiger partial charge in [0.2, 0.25) is 0 Å². The van der Waals surface area contributed by atoms with E-state index in [1.807, 2.05) is 18.2 Å². The first-order valence-corrected chi connectivity index (χ1v) is 7.97. The van der Waals surface area contributed by atoms with Gasteiger partial charge >= 0.3 is 0 Å². The molecule has 1 aliphatic rings. The second kappa shape index (κ2) is 5.99. The number of H-pyrrole nitrogens is 1. The number of carbonyl (C=O) groups is 1. The molecule has 0 bridgehead atoms. The number of benzene rings is 1. The number of rotatable bonds is 1. The molecule has 1 unspecified atom stereocenters. The van der Waals surface area contributed by atoms with Gasteiger partial charge in [0.1, 0.15) is 0 Å². The highest BCUT2D eigenvalue weighted by Gasteiger charge is 2.27. The predicted molar refractivity (Wildman–Crippen MR) is 90.1 cm³/mol. The van der Waals surface area contributed by atoms with Crippen molar-refractivity contribution in [3.63, 3.8) is 0 Å². The zero-order valence-electron chi connectivity index (χ0n) is 13.7. The molecule has 1 amide bonds. The molecule has 1 aromatic carbocycles. The third kappa shape index (κ3) is 2.79.